The van der Waals surface area contributed by atoms with Crippen molar-refractivity contribution >= 4 is 24.8 Å². The van der Waals surface area contributed by atoms with Crippen LogP contribution < -0.4 is 15.4 Å². The van der Waals surface area contributed by atoms with Crippen LogP contribution in [0.5, 0.6) is 5.75 Å². The van der Waals surface area contributed by atoms with Crippen LogP contribution in [0.15, 0.2) is 18.2 Å². The molecular weight excluding hydrogens is 339 g/mol. The smallest absolute Gasteiger partial charge is 0.122 e. The summed E-state index contributed by atoms with van der Waals surface area (Å²) in [6.07, 6.45) is 2.18. The molecule has 5 nitrogen and oxygen atoms in total. The van der Waals surface area contributed by atoms with Crippen LogP contribution in [0.2, 0.25) is 0 Å². The van der Waals surface area contributed by atoms with Gasteiger partial charge in [0, 0.05) is 26.2 Å². The monoisotopic (exact) mass is 364 g/mol. The Labute approximate surface area is 149 Å². The number of hydrogen-bond acceptors (Lipinski definition) is 5. The second kappa shape index (κ2) is 9.67. The first-order chi connectivity index (χ1) is 10.3. The Balaban J connectivity index is 0.00000132. The number of hydrogen-bond donors (Lipinski definition) is 3. The predicted molar refractivity (Wildman–Crippen MR) is 95.1 cm³/mol. The summed E-state index contributed by atoms with van der Waals surface area (Å²) in [5, 5.41) is 17.0. The minimum absolute atomic E-state index is 0. The Morgan fingerprint density at radius 3 is 3.00 bits per heavy atom. The molecule has 2 aliphatic heterocycles. The summed E-state index contributed by atoms with van der Waals surface area (Å²) in [4.78, 5) is 0. The van der Waals surface area contributed by atoms with Gasteiger partial charge in [-0.1, -0.05) is 12.1 Å². The third-order valence-corrected chi connectivity index (χ3v) is 4.00. The summed E-state index contributed by atoms with van der Waals surface area (Å²) in [5.41, 5.74) is 1.69. The number of ether oxygens (including phenoxy) is 2. The van der Waals surface area contributed by atoms with Crippen LogP contribution in [-0.2, 0) is 17.7 Å². The van der Waals surface area contributed by atoms with Gasteiger partial charge in [-0.3, -0.25) is 0 Å². The number of halogens is 2. The highest BCUT2D eigenvalue weighted by Gasteiger charge is 2.28. The van der Waals surface area contributed by atoms with Gasteiger partial charge in [-0.05, 0) is 30.0 Å². The van der Waals surface area contributed by atoms with E-state index in [4.69, 9.17) is 9.47 Å². The van der Waals surface area contributed by atoms with E-state index in [0.29, 0.717) is 26.3 Å². The number of nitrogens with one attached hydrogen (secondary N) is 2. The van der Waals surface area contributed by atoms with Crippen LogP contribution in [0.25, 0.3) is 0 Å². The van der Waals surface area contributed by atoms with Crippen LogP contribution in [0.3, 0.4) is 0 Å². The van der Waals surface area contributed by atoms with E-state index in [1.807, 2.05) is 0 Å². The molecule has 2 aliphatic rings. The summed E-state index contributed by atoms with van der Waals surface area (Å²) < 4.78 is 11.0. The lowest BCUT2D eigenvalue weighted by Crippen LogP contribution is -2.50. The molecule has 1 aromatic carbocycles. The van der Waals surface area contributed by atoms with Crippen molar-refractivity contribution in [3.05, 3.63) is 29.3 Å². The van der Waals surface area contributed by atoms with Crippen LogP contribution >= 0.6 is 24.8 Å². The highest BCUT2D eigenvalue weighted by Crippen LogP contribution is 2.25. The van der Waals surface area contributed by atoms with Gasteiger partial charge in [-0.25, -0.2) is 0 Å². The SMILES string of the molecule is Cl.Cl.OC1(CNCc2ccc3c(c2)CCCO3)CNCCOC1. The van der Waals surface area contributed by atoms with Gasteiger partial charge >= 0.3 is 0 Å². The molecular formula is C16H26Cl2N2O3. The molecule has 2 heterocycles. The maximum absolute atomic E-state index is 10.5. The van der Waals surface area contributed by atoms with Crippen molar-refractivity contribution in [1.29, 1.82) is 0 Å². The van der Waals surface area contributed by atoms with Gasteiger partial charge in [0.15, 0.2) is 0 Å². The van der Waals surface area contributed by atoms with E-state index in [1.165, 1.54) is 11.1 Å². The van der Waals surface area contributed by atoms with Gasteiger partial charge < -0.3 is 25.2 Å². The van der Waals surface area contributed by atoms with Gasteiger partial charge in [-0.15, -0.1) is 24.8 Å². The second-order valence-electron chi connectivity index (χ2n) is 5.95. The minimum atomic E-state index is -0.826. The molecule has 1 unspecified atom stereocenters. The number of fused-ring (bicyclic) bond motifs is 1. The third kappa shape index (κ3) is 5.78. The molecule has 0 saturated carbocycles. The molecule has 132 valence electrons. The molecule has 1 fully saturated rings. The lowest BCUT2D eigenvalue weighted by atomic mass is 10.0. The fourth-order valence-electron chi connectivity index (χ4n) is 2.86. The van der Waals surface area contributed by atoms with E-state index >= 15 is 0 Å². The number of aryl methyl sites for hydroxylation is 1. The first kappa shape index (κ1) is 20.5. The molecule has 1 aromatic rings. The van der Waals surface area contributed by atoms with Crippen molar-refractivity contribution in [1.82, 2.24) is 10.6 Å². The Bertz CT molecular complexity index is 480. The minimum Gasteiger partial charge on any atom is -0.493 e. The van der Waals surface area contributed by atoms with Crippen LogP contribution in [0.4, 0.5) is 0 Å². The van der Waals surface area contributed by atoms with E-state index in [0.717, 1.165) is 38.3 Å². The van der Waals surface area contributed by atoms with Gasteiger partial charge in [0.1, 0.15) is 11.4 Å². The molecule has 3 rings (SSSR count). The molecule has 1 atom stereocenters. The molecule has 1 saturated heterocycles. The van der Waals surface area contributed by atoms with E-state index < -0.39 is 5.60 Å². The maximum Gasteiger partial charge on any atom is 0.122 e. The van der Waals surface area contributed by atoms with Crippen molar-refractivity contribution in [2.75, 3.05) is 39.5 Å². The molecule has 7 heteroatoms. The zero-order chi connectivity index (χ0) is 14.5. The maximum atomic E-state index is 10.5. The third-order valence-electron chi connectivity index (χ3n) is 4.00. The Hall–Kier alpha value is -0.560. The average Bonchev–Trinajstić information content (AvgIpc) is 2.72. The molecule has 3 N–H and O–H groups in total. The topological polar surface area (TPSA) is 62.8 Å². The second-order valence-corrected chi connectivity index (χ2v) is 5.95. The van der Waals surface area contributed by atoms with Crippen molar-refractivity contribution in [2.45, 2.75) is 25.0 Å². The van der Waals surface area contributed by atoms with E-state index in [1.54, 1.807) is 0 Å². The quantitative estimate of drug-likeness (QED) is 0.751. The number of aliphatic hydroxyl groups is 1. The van der Waals surface area contributed by atoms with Crippen molar-refractivity contribution in [2.24, 2.45) is 0 Å². The number of benzene rings is 1. The lowest BCUT2D eigenvalue weighted by molar-refractivity contribution is -0.0264. The fraction of sp³-hybridized carbons (Fsp3) is 0.625. The Morgan fingerprint density at radius 1 is 1.26 bits per heavy atom. The molecule has 0 radical (unpaired) electrons. The Kier molecular flexibility index (Phi) is 8.61. The predicted octanol–water partition coefficient (Wildman–Crippen LogP) is 1.30. The van der Waals surface area contributed by atoms with Gasteiger partial charge in [0.25, 0.3) is 0 Å². The van der Waals surface area contributed by atoms with E-state index in [9.17, 15) is 5.11 Å². The summed E-state index contributed by atoms with van der Waals surface area (Å²) in [7, 11) is 0. The molecule has 0 amide bonds. The van der Waals surface area contributed by atoms with Gasteiger partial charge in [0.05, 0.1) is 19.8 Å². The van der Waals surface area contributed by atoms with Crippen LogP contribution in [0.1, 0.15) is 17.5 Å². The first-order valence-corrected chi connectivity index (χ1v) is 7.71. The first-order valence-electron chi connectivity index (χ1n) is 7.71. The summed E-state index contributed by atoms with van der Waals surface area (Å²) in [6, 6.07) is 6.34. The molecule has 0 aromatic heterocycles. The number of rotatable bonds is 4. The normalized spacial score (nSPS) is 23.5. The molecule has 0 bridgehead atoms. The largest absolute Gasteiger partial charge is 0.493 e. The number of β-amino-alcohol motifs (C(OH)–C–C–N with tert-alkyl or cyclic N) is 1. The highest BCUT2D eigenvalue weighted by atomic mass is 35.5. The average molecular weight is 365 g/mol. The highest BCUT2D eigenvalue weighted by molar-refractivity contribution is 5.85. The van der Waals surface area contributed by atoms with Gasteiger partial charge in [0.2, 0.25) is 0 Å². The van der Waals surface area contributed by atoms with Crippen molar-refractivity contribution in [3.8, 4) is 5.75 Å². The lowest BCUT2D eigenvalue weighted by Gasteiger charge is -2.26. The molecule has 23 heavy (non-hydrogen) atoms. The summed E-state index contributed by atoms with van der Waals surface area (Å²) >= 11 is 0. The van der Waals surface area contributed by atoms with Crippen molar-refractivity contribution < 1.29 is 14.6 Å². The molecule has 0 spiro atoms. The van der Waals surface area contributed by atoms with Crippen LogP contribution in [0, 0.1) is 0 Å². The van der Waals surface area contributed by atoms with E-state index in [-0.39, 0.29) is 24.8 Å². The summed E-state index contributed by atoms with van der Waals surface area (Å²) in [5.74, 6) is 1.02. The van der Waals surface area contributed by atoms with Crippen molar-refractivity contribution in [3.63, 3.8) is 0 Å². The Morgan fingerprint density at radius 2 is 2.13 bits per heavy atom. The van der Waals surface area contributed by atoms with Gasteiger partial charge in [-0.2, -0.15) is 0 Å². The summed E-state index contributed by atoms with van der Waals surface area (Å²) in [6.45, 7) is 4.50. The molecule has 0 aliphatic carbocycles. The van der Waals surface area contributed by atoms with Crippen LogP contribution in [-0.4, -0.2) is 50.2 Å². The zero-order valence-corrected chi connectivity index (χ0v) is 14.8. The standard InChI is InChI=1S/C16H24N2O3.2ClH/c19-16(10-17-5-7-20-12-16)11-18-9-13-3-4-15-14(8-13)2-1-6-21-15;;/h3-4,8,17-19H,1-2,5-7,9-12H2;2*1H. The fourth-order valence-corrected chi connectivity index (χ4v) is 2.86. The zero-order valence-electron chi connectivity index (χ0n) is 13.2. The van der Waals surface area contributed by atoms with E-state index in [2.05, 4.69) is 28.8 Å².